The minimum atomic E-state index is -0.264. The number of nitrogens with zero attached hydrogens (tertiary/aromatic N) is 3. The molecule has 1 atom stereocenters. The van der Waals surface area contributed by atoms with Crippen LogP contribution in [-0.2, 0) is 0 Å². The summed E-state index contributed by atoms with van der Waals surface area (Å²) in [4.78, 5) is 18.4. The Balaban J connectivity index is 1.82. The smallest absolute Gasteiger partial charge is 0.272 e. The van der Waals surface area contributed by atoms with Crippen LogP contribution in [-0.4, -0.2) is 29.7 Å². The Labute approximate surface area is 155 Å². The first kappa shape index (κ1) is 18.1. The van der Waals surface area contributed by atoms with Gasteiger partial charge in [-0.3, -0.25) is 9.78 Å². The van der Waals surface area contributed by atoms with Crippen LogP contribution in [0.25, 0.3) is 0 Å². The molecule has 0 aliphatic carbocycles. The van der Waals surface area contributed by atoms with Gasteiger partial charge in [-0.05, 0) is 74.1 Å². The number of pyridine rings is 1. The van der Waals surface area contributed by atoms with Crippen molar-refractivity contribution in [3.63, 3.8) is 0 Å². The van der Waals surface area contributed by atoms with Crippen LogP contribution in [0.4, 0.5) is 5.69 Å². The highest BCUT2D eigenvalue weighted by molar-refractivity contribution is 5.94. The van der Waals surface area contributed by atoms with Crippen molar-refractivity contribution in [2.24, 2.45) is 5.10 Å². The highest BCUT2D eigenvalue weighted by Gasteiger charge is 2.34. The lowest BCUT2D eigenvalue weighted by molar-refractivity contribution is 0.0955. The number of benzene rings is 1. The van der Waals surface area contributed by atoms with E-state index in [1.807, 2.05) is 0 Å². The van der Waals surface area contributed by atoms with E-state index in [9.17, 15) is 4.79 Å². The summed E-state index contributed by atoms with van der Waals surface area (Å²) in [6.45, 7) is 8.91. The summed E-state index contributed by atoms with van der Waals surface area (Å²) in [6, 6.07) is 7.85. The van der Waals surface area contributed by atoms with Gasteiger partial charge in [0.25, 0.3) is 5.91 Å². The fourth-order valence-electron chi connectivity index (χ4n) is 3.60. The van der Waals surface area contributed by atoms with E-state index in [4.69, 9.17) is 0 Å². The van der Waals surface area contributed by atoms with Crippen molar-refractivity contribution in [2.75, 3.05) is 11.9 Å². The summed E-state index contributed by atoms with van der Waals surface area (Å²) < 4.78 is 0. The lowest BCUT2D eigenvalue weighted by Gasteiger charge is -2.45. The van der Waals surface area contributed by atoms with Crippen molar-refractivity contribution in [2.45, 2.75) is 45.6 Å². The van der Waals surface area contributed by atoms with Gasteiger partial charge >= 0.3 is 0 Å². The summed E-state index contributed by atoms with van der Waals surface area (Å²) >= 11 is 0. The molecule has 1 N–H and O–H groups in total. The zero-order valence-electron chi connectivity index (χ0n) is 16.1. The molecule has 0 saturated carbocycles. The molecule has 0 spiro atoms. The topological polar surface area (TPSA) is 57.6 Å². The van der Waals surface area contributed by atoms with Gasteiger partial charge in [0.15, 0.2) is 0 Å². The zero-order valence-corrected chi connectivity index (χ0v) is 16.1. The molecule has 0 fully saturated rings. The van der Waals surface area contributed by atoms with Gasteiger partial charge in [0.1, 0.15) is 0 Å². The number of hydrogen-bond acceptors (Lipinski definition) is 4. The van der Waals surface area contributed by atoms with Crippen molar-refractivity contribution < 1.29 is 4.79 Å². The molecule has 136 valence electrons. The van der Waals surface area contributed by atoms with Crippen LogP contribution >= 0.6 is 0 Å². The largest absolute Gasteiger partial charge is 0.369 e. The van der Waals surface area contributed by atoms with Crippen molar-refractivity contribution in [3.05, 3.63) is 58.9 Å². The number of aryl methyl sites for hydroxylation is 1. The summed E-state index contributed by atoms with van der Waals surface area (Å²) in [6.07, 6.45) is 5.98. The Morgan fingerprint density at radius 2 is 2.19 bits per heavy atom. The van der Waals surface area contributed by atoms with Gasteiger partial charge in [-0.2, -0.15) is 5.10 Å². The first-order valence-corrected chi connectivity index (χ1v) is 8.91. The van der Waals surface area contributed by atoms with Gasteiger partial charge in [0.2, 0.25) is 0 Å². The van der Waals surface area contributed by atoms with Gasteiger partial charge in [-0.1, -0.05) is 6.92 Å². The van der Waals surface area contributed by atoms with Gasteiger partial charge in [0, 0.05) is 30.7 Å². The molecule has 0 unspecified atom stereocenters. The molecule has 1 aliphatic rings. The van der Waals surface area contributed by atoms with E-state index in [0.717, 1.165) is 17.5 Å². The van der Waals surface area contributed by atoms with E-state index < -0.39 is 0 Å². The summed E-state index contributed by atoms with van der Waals surface area (Å²) in [5.74, 6) is 0.216. The molecular formula is C21H26N4O. The number of hydrazone groups is 1. The van der Waals surface area contributed by atoms with Crippen LogP contribution in [0.15, 0.2) is 41.8 Å². The molecule has 0 bridgehead atoms. The van der Waals surface area contributed by atoms with Crippen LogP contribution in [0.2, 0.25) is 0 Å². The maximum absolute atomic E-state index is 12.0. The van der Waals surface area contributed by atoms with E-state index in [1.165, 1.54) is 17.4 Å². The summed E-state index contributed by atoms with van der Waals surface area (Å²) in [7, 11) is 2.16. The van der Waals surface area contributed by atoms with Gasteiger partial charge < -0.3 is 4.90 Å². The molecule has 2 heterocycles. The first-order chi connectivity index (χ1) is 12.3. The minimum Gasteiger partial charge on any atom is -0.369 e. The zero-order chi connectivity index (χ0) is 18.9. The number of carbonyl (C=O) groups is 1. The molecule has 5 nitrogen and oxygen atoms in total. The quantitative estimate of drug-likeness (QED) is 0.675. The average Bonchev–Trinajstić information content (AvgIpc) is 2.61. The van der Waals surface area contributed by atoms with Gasteiger partial charge in [-0.25, -0.2) is 5.43 Å². The molecule has 1 aliphatic heterocycles. The van der Waals surface area contributed by atoms with Gasteiger partial charge in [-0.15, -0.1) is 0 Å². The summed E-state index contributed by atoms with van der Waals surface area (Å²) in [5.41, 5.74) is 7.98. The number of carbonyl (C=O) groups excluding carboxylic acids is 1. The Morgan fingerprint density at radius 1 is 1.42 bits per heavy atom. The number of nitrogens with one attached hydrogen (secondary N) is 1. The Morgan fingerprint density at radius 3 is 2.88 bits per heavy atom. The van der Waals surface area contributed by atoms with E-state index in [0.29, 0.717) is 11.5 Å². The van der Waals surface area contributed by atoms with Crippen LogP contribution in [0.1, 0.15) is 60.2 Å². The SMILES string of the molecule is Cc1cc2c(cc1/C=N\NC(=O)c1cccnc1)[C@@H](C)CC(C)(C)N2C. The third-order valence-corrected chi connectivity index (χ3v) is 5.31. The highest BCUT2D eigenvalue weighted by Crippen LogP contribution is 2.43. The Hall–Kier alpha value is -2.69. The van der Waals surface area contributed by atoms with Crippen molar-refractivity contribution >= 4 is 17.8 Å². The van der Waals surface area contributed by atoms with Crippen LogP contribution in [0.5, 0.6) is 0 Å². The van der Waals surface area contributed by atoms with E-state index in [-0.39, 0.29) is 11.4 Å². The third-order valence-electron chi connectivity index (χ3n) is 5.31. The lowest BCUT2D eigenvalue weighted by Crippen LogP contribution is -2.45. The normalized spacial score (nSPS) is 18.7. The molecule has 0 radical (unpaired) electrons. The predicted molar refractivity (Wildman–Crippen MR) is 106 cm³/mol. The second-order valence-corrected chi connectivity index (χ2v) is 7.69. The minimum absolute atomic E-state index is 0.145. The van der Waals surface area contributed by atoms with Crippen molar-refractivity contribution in [3.8, 4) is 0 Å². The molecule has 1 aromatic carbocycles. The van der Waals surface area contributed by atoms with Crippen LogP contribution < -0.4 is 10.3 Å². The molecule has 2 aromatic rings. The third kappa shape index (κ3) is 3.47. The highest BCUT2D eigenvalue weighted by atomic mass is 16.2. The number of amides is 1. The Bertz CT molecular complexity index is 843. The number of hydrogen-bond donors (Lipinski definition) is 1. The lowest BCUT2D eigenvalue weighted by atomic mass is 9.79. The fourth-order valence-corrected chi connectivity index (χ4v) is 3.60. The predicted octanol–water partition coefficient (Wildman–Crippen LogP) is 3.88. The molecule has 0 saturated heterocycles. The number of rotatable bonds is 3. The number of aromatic nitrogens is 1. The molecule has 1 aromatic heterocycles. The molecule has 1 amide bonds. The summed E-state index contributed by atoms with van der Waals surface area (Å²) in [5, 5.41) is 4.13. The van der Waals surface area contributed by atoms with E-state index in [2.05, 4.69) is 67.3 Å². The molecule has 5 heteroatoms. The second kappa shape index (κ2) is 6.90. The average molecular weight is 350 g/mol. The molecular weight excluding hydrogens is 324 g/mol. The van der Waals surface area contributed by atoms with E-state index >= 15 is 0 Å². The standard InChI is InChI=1S/C21H26N4O/c1-14-9-19-18(15(2)11-21(3,4)25(19)5)10-17(14)13-23-24-20(26)16-7-6-8-22-12-16/h6-10,12-13,15H,11H2,1-5H3,(H,24,26)/b23-13-/t15-/m0/s1. The van der Waals surface area contributed by atoms with Crippen LogP contribution in [0, 0.1) is 6.92 Å². The number of fused-ring (bicyclic) bond motifs is 1. The molecule has 3 rings (SSSR count). The second-order valence-electron chi connectivity index (χ2n) is 7.69. The number of anilines is 1. The Kier molecular flexibility index (Phi) is 4.81. The maximum Gasteiger partial charge on any atom is 0.272 e. The first-order valence-electron chi connectivity index (χ1n) is 8.91. The fraction of sp³-hybridized carbons (Fsp3) is 0.381. The van der Waals surface area contributed by atoms with Crippen LogP contribution in [0.3, 0.4) is 0 Å². The van der Waals surface area contributed by atoms with Crippen molar-refractivity contribution in [1.82, 2.24) is 10.4 Å². The maximum atomic E-state index is 12.0. The van der Waals surface area contributed by atoms with Crippen molar-refractivity contribution in [1.29, 1.82) is 0 Å². The monoisotopic (exact) mass is 350 g/mol. The van der Waals surface area contributed by atoms with Gasteiger partial charge in [0.05, 0.1) is 11.8 Å². The van der Waals surface area contributed by atoms with E-state index in [1.54, 1.807) is 24.5 Å². The molecule has 26 heavy (non-hydrogen) atoms.